The molecule has 0 saturated carbocycles. The van der Waals surface area contributed by atoms with Crippen LogP contribution in [0.25, 0.3) is 0 Å². The highest BCUT2D eigenvalue weighted by atomic mass is 32.1. The minimum absolute atomic E-state index is 0.168. The Morgan fingerprint density at radius 2 is 1.78 bits per heavy atom. The Bertz CT molecular complexity index is 920. The van der Waals surface area contributed by atoms with Crippen molar-refractivity contribution in [2.45, 2.75) is 26.8 Å². The summed E-state index contributed by atoms with van der Waals surface area (Å²) in [5, 5.41) is 9.75. The van der Waals surface area contributed by atoms with Gasteiger partial charge < -0.3 is 20.7 Å². The number of ether oxygens (including phenoxy) is 1. The standard InChI is InChI=1S/C21H23N3O2S/c1-12-5-8-16(11-13(12)2)23-20(25)18-14(3)22-21(27)24-19(18)15-6-9-17(26-4)10-7-15/h5-11,19H,1-4H3,(H,23,25)(H2,22,24,27)/t19-/m0/s1. The normalized spacial score (nSPS) is 16.4. The molecule has 0 fully saturated rings. The summed E-state index contributed by atoms with van der Waals surface area (Å²) in [6.45, 7) is 5.93. The van der Waals surface area contributed by atoms with Crippen LogP contribution in [0, 0.1) is 13.8 Å². The first-order chi connectivity index (χ1) is 12.9. The molecule has 0 aromatic heterocycles. The highest BCUT2D eigenvalue weighted by Gasteiger charge is 2.30. The Hall–Kier alpha value is -2.86. The number of aryl methyl sites for hydroxylation is 2. The van der Waals surface area contributed by atoms with E-state index in [9.17, 15) is 4.79 Å². The van der Waals surface area contributed by atoms with Crippen molar-refractivity contribution in [3.63, 3.8) is 0 Å². The average molecular weight is 382 g/mol. The Balaban J connectivity index is 1.92. The van der Waals surface area contributed by atoms with E-state index in [-0.39, 0.29) is 11.9 Å². The van der Waals surface area contributed by atoms with Gasteiger partial charge in [0, 0.05) is 11.4 Å². The molecule has 0 spiro atoms. The number of nitrogens with one attached hydrogen (secondary N) is 3. The minimum atomic E-state index is -0.337. The maximum atomic E-state index is 13.1. The molecule has 5 nitrogen and oxygen atoms in total. The van der Waals surface area contributed by atoms with Crippen molar-refractivity contribution < 1.29 is 9.53 Å². The van der Waals surface area contributed by atoms with Crippen LogP contribution < -0.4 is 20.7 Å². The van der Waals surface area contributed by atoms with E-state index in [1.165, 1.54) is 5.56 Å². The molecule has 0 bridgehead atoms. The van der Waals surface area contributed by atoms with E-state index in [0.717, 1.165) is 28.3 Å². The fraction of sp³-hybridized carbons (Fsp3) is 0.238. The summed E-state index contributed by atoms with van der Waals surface area (Å²) in [7, 11) is 1.62. The third kappa shape index (κ3) is 4.11. The smallest absolute Gasteiger partial charge is 0.255 e. The molecule has 3 rings (SSSR count). The van der Waals surface area contributed by atoms with Gasteiger partial charge in [-0.25, -0.2) is 0 Å². The number of thiocarbonyl (C=S) groups is 1. The lowest BCUT2D eigenvalue weighted by Crippen LogP contribution is -2.45. The Kier molecular flexibility index (Phi) is 5.46. The fourth-order valence-corrected chi connectivity index (χ4v) is 3.33. The zero-order chi connectivity index (χ0) is 19.6. The summed E-state index contributed by atoms with van der Waals surface area (Å²) in [6.07, 6.45) is 0. The van der Waals surface area contributed by atoms with E-state index in [1.807, 2.05) is 63.2 Å². The van der Waals surface area contributed by atoms with E-state index in [2.05, 4.69) is 16.0 Å². The van der Waals surface area contributed by atoms with Gasteiger partial charge in [-0.2, -0.15) is 0 Å². The van der Waals surface area contributed by atoms with Crippen molar-refractivity contribution in [3.8, 4) is 5.75 Å². The van der Waals surface area contributed by atoms with Crippen molar-refractivity contribution in [2.75, 3.05) is 12.4 Å². The van der Waals surface area contributed by atoms with E-state index in [4.69, 9.17) is 17.0 Å². The lowest BCUT2D eigenvalue weighted by Gasteiger charge is -2.30. The van der Waals surface area contributed by atoms with Crippen LogP contribution in [0.4, 0.5) is 5.69 Å². The first-order valence-corrected chi connectivity index (χ1v) is 9.10. The monoisotopic (exact) mass is 381 g/mol. The summed E-state index contributed by atoms with van der Waals surface area (Å²) in [4.78, 5) is 13.1. The number of hydrogen-bond donors (Lipinski definition) is 3. The number of rotatable bonds is 4. The maximum Gasteiger partial charge on any atom is 0.255 e. The van der Waals surface area contributed by atoms with Crippen molar-refractivity contribution in [1.29, 1.82) is 0 Å². The third-order valence-corrected chi connectivity index (χ3v) is 4.95. The van der Waals surface area contributed by atoms with Gasteiger partial charge in [0.25, 0.3) is 5.91 Å². The average Bonchev–Trinajstić information content (AvgIpc) is 2.64. The predicted molar refractivity (Wildman–Crippen MR) is 112 cm³/mol. The highest BCUT2D eigenvalue weighted by molar-refractivity contribution is 7.80. The van der Waals surface area contributed by atoms with Gasteiger partial charge in [-0.3, -0.25) is 4.79 Å². The van der Waals surface area contributed by atoms with Gasteiger partial charge in [-0.15, -0.1) is 0 Å². The first kappa shape index (κ1) is 18.9. The summed E-state index contributed by atoms with van der Waals surface area (Å²) < 4.78 is 5.22. The zero-order valence-electron chi connectivity index (χ0n) is 15.8. The van der Waals surface area contributed by atoms with Crippen LogP contribution in [0.5, 0.6) is 5.75 Å². The molecule has 0 aliphatic carbocycles. The topological polar surface area (TPSA) is 62.4 Å². The molecule has 3 N–H and O–H groups in total. The predicted octanol–water partition coefficient (Wildman–Crippen LogP) is 3.74. The van der Waals surface area contributed by atoms with Crippen LogP contribution in [0.2, 0.25) is 0 Å². The lowest BCUT2D eigenvalue weighted by molar-refractivity contribution is -0.113. The molecule has 27 heavy (non-hydrogen) atoms. The molecule has 1 atom stereocenters. The third-order valence-electron chi connectivity index (χ3n) is 4.73. The fourth-order valence-electron chi connectivity index (χ4n) is 3.06. The SMILES string of the molecule is COc1ccc([C@@H]2NC(=S)NC(C)=C2C(=O)Nc2ccc(C)c(C)c2)cc1. The van der Waals surface area contributed by atoms with E-state index < -0.39 is 0 Å². The molecule has 1 aliphatic rings. The molecule has 0 radical (unpaired) electrons. The molecule has 1 amide bonds. The van der Waals surface area contributed by atoms with Gasteiger partial charge in [0.05, 0.1) is 18.7 Å². The summed E-state index contributed by atoms with van der Waals surface area (Å²) in [5.41, 5.74) is 5.36. The van der Waals surface area contributed by atoms with Crippen LogP contribution in [-0.4, -0.2) is 18.1 Å². The molecule has 2 aromatic rings. The molecular formula is C21H23N3O2S. The highest BCUT2D eigenvalue weighted by Crippen LogP contribution is 2.29. The molecule has 0 unspecified atom stereocenters. The van der Waals surface area contributed by atoms with Crippen LogP contribution in [0.1, 0.15) is 29.7 Å². The van der Waals surface area contributed by atoms with Gasteiger partial charge in [0.1, 0.15) is 5.75 Å². The summed E-state index contributed by atoms with van der Waals surface area (Å²) in [6, 6.07) is 13.2. The van der Waals surface area contributed by atoms with E-state index in [0.29, 0.717) is 10.7 Å². The minimum Gasteiger partial charge on any atom is -0.497 e. The Morgan fingerprint density at radius 1 is 1.07 bits per heavy atom. The van der Waals surface area contributed by atoms with E-state index in [1.54, 1.807) is 7.11 Å². The molecule has 0 saturated heterocycles. The van der Waals surface area contributed by atoms with Crippen molar-refractivity contribution in [1.82, 2.24) is 10.6 Å². The zero-order valence-corrected chi connectivity index (χ0v) is 16.7. The molecule has 140 valence electrons. The van der Waals surface area contributed by atoms with Crippen LogP contribution in [0.3, 0.4) is 0 Å². The molecule has 1 heterocycles. The van der Waals surface area contributed by atoms with Crippen molar-refractivity contribution in [2.24, 2.45) is 0 Å². The molecule has 6 heteroatoms. The molecular weight excluding hydrogens is 358 g/mol. The second-order valence-corrected chi connectivity index (χ2v) is 7.00. The number of methoxy groups -OCH3 is 1. The number of carbonyl (C=O) groups is 1. The number of benzene rings is 2. The van der Waals surface area contributed by atoms with Crippen molar-refractivity contribution >= 4 is 28.9 Å². The summed E-state index contributed by atoms with van der Waals surface area (Å²) in [5.74, 6) is 0.594. The van der Waals surface area contributed by atoms with Crippen molar-refractivity contribution in [3.05, 3.63) is 70.4 Å². The van der Waals surface area contributed by atoms with Gasteiger partial charge in [-0.1, -0.05) is 18.2 Å². The number of anilines is 1. The van der Waals surface area contributed by atoms with E-state index >= 15 is 0 Å². The quantitative estimate of drug-likeness (QED) is 0.704. The first-order valence-electron chi connectivity index (χ1n) is 8.70. The largest absolute Gasteiger partial charge is 0.497 e. The Labute approximate surface area is 164 Å². The van der Waals surface area contributed by atoms with Crippen LogP contribution in [0.15, 0.2) is 53.7 Å². The van der Waals surface area contributed by atoms with Gasteiger partial charge in [-0.05, 0) is 73.9 Å². The number of amides is 1. The molecule has 1 aliphatic heterocycles. The second kappa shape index (κ2) is 7.80. The van der Waals surface area contributed by atoms with Crippen LogP contribution >= 0.6 is 12.2 Å². The lowest BCUT2D eigenvalue weighted by atomic mass is 9.94. The number of hydrogen-bond acceptors (Lipinski definition) is 3. The van der Waals surface area contributed by atoms with Gasteiger partial charge in [0.2, 0.25) is 0 Å². The van der Waals surface area contributed by atoms with Crippen LogP contribution in [-0.2, 0) is 4.79 Å². The summed E-state index contributed by atoms with van der Waals surface area (Å²) >= 11 is 5.30. The molecule has 2 aromatic carbocycles. The van der Waals surface area contributed by atoms with Gasteiger partial charge >= 0.3 is 0 Å². The number of allylic oxidation sites excluding steroid dienone is 1. The maximum absolute atomic E-state index is 13.1. The Morgan fingerprint density at radius 3 is 2.41 bits per heavy atom. The second-order valence-electron chi connectivity index (χ2n) is 6.60. The van der Waals surface area contributed by atoms with Gasteiger partial charge in [0.15, 0.2) is 5.11 Å². The number of carbonyl (C=O) groups excluding carboxylic acids is 1.